The third-order valence-corrected chi connectivity index (χ3v) is 5.59. The predicted molar refractivity (Wildman–Crippen MR) is 106 cm³/mol. The Bertz CT molecular complexity index is 821. The van der Waals surface area contributed by atoms with Gasteiger partial charge in [0.15, 0.2) is 6.61 Å². The number of carbonyl (C=O) groups is 4. The standard InChI is InChI=1S/C22H26N2O5/c1-14-7-3-4-8-16(14)11-12-23-19(25)13-29-22(28)15(2)24-20(26)17-9-5-6-10-18(17)21(24)27/h3-8,15,17-18H,9-13H2,1-2H3,(H,23,25)/t15-,17-,18-/m0/s1. The molecule has 1 fully saturated rings. The Kier molecular flexibility index (Phi) is 6.46. The van der Waals surface area contributed by atoms with Gasteiger partial charge in [0.1, 0.15) is 6.04 Å². The molecule has 0 aromatic heterocycles. The number of allylic oxidation sites excluding steroid dienone is 2. The molecule has 3 rings (SSSR count). The lowest BCUT2D eigenvalue weighted by atomic mass is 9.85. The topological polar surface area (TPSA) is 92.8 Å². The van der Waals surface area contributed by atoms with Gasteiger partial charge in [0.25, 0.3) is 5.91 Å². The van der Waals surface area contributed by atoms with Crippen LogP contribution in [0.5, 0.6) is 0 Å². The second-order valence-electron chi connectivity index (χ2n) is 7.51. The van der Waals surface area contributed by atoms with Gasteiger partial charge in [-0.3, -0.25) is 19.3 Å². The molecule has 0 saturated carbocycles. The minimum absolute atomic E-state index is 0.337. The number of rotatable bonds is 7. The second kappa shape index (κ2) is 9.03. The summed E-state index contributed by atoms with van der Waals surface area (Å²) < 4.78 is 5.04. The molecule has 1 N–H and O–H groups in total. The number of likely N-dealkylation sites (tertiary alicyclic amines) is 1. The first-order valence-electron chi connectivity index (χ1n) is 9.90. The summed E-state index contributed by atoms with van der Waals surface area (Å²) in [5.74, 6) is -2.64. The van der Waals surface area contributed by atoms with E-state index in [-0.39, 0.29) is 11.8 Å². The molecular weight excluding hydrogens is 372 g/mol. The molecule has 1 saturated heterocycles. The third kappa shape index (κ3) is 4.55. The lowest BCUT2D eigenvalue weighted by molar-refractivity contribution is -0.159. The quantitative estimate of drug-likeness (QED) is 0.427. The van der Waals surface area contributed by atoms with Crippen LogP contribution < -0.4 is 5.32 Å². The van der Waals surface area contributed by atoms with Gasteiger partial charge in [-0.2, -0.15) is 0 Å². The zero-order valence-electron chi connectivity index (χ0n) is 16.7. The van der Waals surface area contributed by atoms with Crippen molar-refractivity contribution >= 4 is 23.7 Å². The van der Waals surface area contributed by atoms with Crippen molar-refractivity contribution in [3.05, 3.63) is 47.5 Å². The van der Waals surface area contributed by atoms with Crippen LogP contribution in [0, 0.1) is 18.8 Å². The number of hydrogen-bond donors (Lipinski definition) is 1. The average molecular weight is 398 g/mol. The van der Waals surface area contributed by atoms with E-state index in [1.165, 1.54) is 6.92 Å². The average Bonchev–Trinajstić information content (AvgIpc) is 2.97. The van der Waals surface area contributed by atoms with E-state index in [0.717, 1.165) is 16.0 Å². The SMILES string of the molecule is Cc1ccccc1CCNC(=O)COC(=O)[C@H](C)N1C(=O)[C@H]2CC=CC[C@@H]2C1=O. The first kappa shape index (κ1) is 20.8. The fourth-order valence-electron chi connectivity index (χ4n) is 3.85. The number of imide groups is 1. The number of esters is 1. The van der Waals surface area contributed by atoms with Crippen molar-refractivity contribution in [3.8, 4) is 0 Å². The summed E-state index contributed by atoms with van der Waals surface area (Å²) in [6.45, 7) is 3.45. The van der Waals surface area contributed by atoms with Crippen molar-refractivity contribution in [2.75, 3.05) is 13.2 Å². The van der Waals surface area contributed by atoms with E-state index in [1.807, 2.05) is 43.3 Å². The molecule has 1 aliphatic carbocycles. The largest absolute Gasteiger partial charge is 0.454 e. The maximum absolute atomic E-state index is 12.5. The minimum atomic E-state index is -1.04. The molecule has 7 heteroatoms. The highest BCUT2D eigenvalue weighted by atomic mass is 16.5. The van der Waals surface area contributed by atoms with Crippen LogP contribution in [0.15, 0.2) is 36.4 Å². The number of amides is 3. The minimum Gasteiger partial charge on any atom is -0.454 e. The Morgan fingerprint density at radius 2 is 1.76 bits per heavy atom. The van der Waals surface area contributed by atoms with Crippen molar-refractivity contribution in [2.45, 2.75) is 39.2 Å². The van der Waals surface area contributed by atoms with Gasteiger partial charge in [-0.25, -0.2) is 4.79 Å². The maximum atomic E-state index is 12.5. The van der Waals surface area contributed by atoms with Crippen LogP contribution in [-0.2, 0) is 30.3 Å². The number of ether oxygens (including phenoxy) is 1. The normalized spacial score (nSPS) is 21.7. The van der Waals surface area contributed by atoms with Gasteiger partial charge in [0.05, 0.1) is 11.8 Å². The first-order chi connectivity index (χ1) is 13.9. The van der Waals surface area contributed by atoms with Crippen molar-refractivity contribution < 1.29 is 23.9 Å². The molecule has 0 radical (unpaired) electrons. The van der Waals surface area contributed by atoms with Gasteiger partial charge < -0.3 is 10.1 Å². The summed E-state index contributed by atoms with van der Waals surface area (Å²) in [6, 6.07) is 6.87. The van der Waals surface area contributed by atoms with Crippen LogP contribution >= 0.6 is 0 Å². The van der Waals surface area contributed by atoms with E-state index in [0.29, 0.717) is 25.8 Å². The van der Waals surface area contributed by atoms with Crippen molar-refractivity contribution in [1.29, 1.82) is 0 Å². The van der Waals surface area contributed by atoms with Gasteiger partial charge in [-0.1, -0.05) is 36.4 Å². The summed E-state index contributed by atoms with van der Waals surface area (Å²) in [6.07, 6.45) is 5.48. The monoisotopic (exact) mass is 398 g/mol. The second-order valence-corrected chi connectivity index (χ2v) is 7.51. The Balaban J connectivity index is 1.45. The molecule has 1 heterocycles. The summed E-state index contributed by atoms with van der Waals surface area (Å²) >= 11 is 0. The molecule has 154 valence electrons. The van der Waals surface area contributed by atoms with Crippen LogP contribution in [0.1, 0.15) is 30.9 Å². The molecule has 7 nitrogen and oxygen atoms in total. The lowest BCUT2D eigenvalue weighted by Gasteiger charge is -2.21. The Morgan fingerprint density at radius 3 is 2.38 bits per heavy atom. The molecule has 0 spiro atoms. The number of nitrogens with zero attached hydrogens (tertiary/aromatic N) is 1. The van der Waals surface area contributed by atoms with Crippen LogP contribution in [0.25, 0.3) is 0 Å². The molecule has 0 unspecified atom stereocenters. The molecule has 1 aliphatic heterocycles. The van der Waals surface area contributed by atoms with E-state index >= 15 is 0 Å². The Hall–Kier alpha value is -2.96. The smallest absolute Gasteiger partial charge is 0.329 e. The number of fused-ring (bicyclic) bond motifs is 1. The molecule has 1 aromatic carbocycles. The number of nitrogens with one attached hydrogen (secondary N) is 1. The van der Waals surface area contributed by atoms with Gasteiger partial charge >= 0.3 is 5.97 Å². The van der Waals surface area contributed by atoms with Gasteiger partial charge in [0.2, 0.25) is 11.8 Å². The summed E-state index contributed by atoms with van der Waals surface area (Å²) in [4.78, 5) is 50.3. The highest BCUT2D eigenvalue weighted by Crippen LogP contribution is 2.36. The molecule has 29 heavy (non-hydrogen) atoms. The van der Waals surface area contributed by atoms with E-state index in [2.05, 4.69) is 5.32 Å². The number of aryl methyl sites for hydroxylation is 1. The van der Waals surface area contributed by atoms with E-state index < -0.39 is 36.4 Å². The predicted octanol–water partition coefficient (Wildman–Crippen LogP) is 1.54. The fourth-order valence-corrected chi connectivity index (χ4v) is 3.85. The van der Waals surface area contributed by atoms with Gasteiger partial charge in [0, 0.05) is 6.54 Å². The van der Waals surface area contributed by atoms with E-state index in [9.17, 15) is 19.2 Å². The highest BCUT2D eigenvalue weighted by molar-refractivity contribution is 6.08. The summed E-state index contributed by atoms with van der Waals surface area (Å²) in [5.41, 5.74) is 2.29. The number of carbonyl (C=O) groups excluding carboxylic acids is 4. The Morgan fingerprint density at radius 1 is 1.14 bits per heavy atom. The first-order valence-corrected chi connectivity index (χ1v) is 9.90. The molecule has 2 aliphatic rings. The lowest BCUT2D eigenvalue weighted by Crippen LogP contribution is -2.45. The number of hydrogen-bond acceptors (Lipinski definition) is 5. The van der Waals surface area contributed by atoms with Gasteiger partial charge in [-0.15, -0.1) is 0 Å². The number of benzene rings is 1. The van der Waals surface area contributed by atoms with Gasteiger partial charge in [-0.05, 0) is 44.2 Å². The highest BCUT2D eigenvalue weighted by Gasteiger charge is 2.50. The molecule has 3 atom stereocenters. The maximum Gasteiger partial charge on any atom is 0.329 e. The van der Waals surface area contributed by atoms with Crippen LogP contribution in [-0.4, -0.2) is 47.8 Å². The molecular formula is C22H26N2O5. The van der Waals surface area contributed by atoms with E-state index in [4.69, 9.17) is 4.74 Å². The zero-order valence-corrected chi connectivity index (χ0v) is 16.7. The zero-order chi connectivity index (χ0) is 21.0. The third-order valence-electron chi connectivity index (χ3n) is 5.59. The molecule has 1 aromatic rings. The molecule has 0 bridgehead atoms. The van der Waals surface area contributed by atoms with Crippen LogP contribution in [0.4, 0.5) is 0 Å². The van der Waals surface area contributed by atoms with Crippen molar-refractivity contribution in [2.24, 2.45) is 11.8 Å². The van der Waals surface area contributed by atoms with E-state index in [1.54, 1.807) is 0 Å². The summed E-state index contributed by atoms with van der Waals surface area (Å²) in [5, 5.41) is 2.71. The van der Waals surface area contributed by atoms with Crippen LogP contribution in [0.3, 0.4) is 0 Å². The van der Waals surface area contributed by atoms with Crippen LogP contribution in [0.2, 0.25) is 0 Å². The summed E-state index contributed by atoms with van der Waals surface area (Å²) in [7, 11) is 0. The van der Waals surface area contributed by atoms with Crippen molar-refractivity contribution in [1.82, 2.24) is 10.2 Å². The van der Waals surface area contributed by atoms with Crippen molar-refractivity contribution in [3.63, 3.8) is 0 Å². The molecule has 3 amide bonds. The fraction of sp³-hybridized carbons (Fsp3) is 0.455. The Labute approximate surface area is 170 Å².